The second kappa shape index (κ2) is 5.79. The normalized spacial score (nSPS) is 15.3. The van der Waals surface area contributed by atoms with Gasteiger partial charge < -0.3 is 20.5 Å². The predicted molar refractivity (Wildman–Crippen MR) is 90.6 cm³/mol. The fraction of sp³-hybridized carbons (Fsp3) is 0.278. The molecule has 1 heterocycles. The minimum atomic E-state index is -0.752. The second-order valence-electron chi connectivity index (χ2n) is 6.22. The molecule has 0 aliphatic carbocycles. The van der Waals surface area contributed by atoms with Gasteiger partial charge in [0.2, 0.25) is 5.91 Å². The Morgan fingerprint density at radius 1 is 1.21 bits per heavy atom. The number of ether oxygens (including phenoxy) is 1. The molecule has 24 heavy (non-hydrogen) atoms. The number of benzene rings is 2. The Labute approximate surface area is 139 Å². The van der Waals surface area contributed by atoms with Crippen LogP contribution in [0.2, 0.25) is 0 Å². The topological polar surface area (TPSA) is 70.6 Å². The number of nitrogens with one attached hydrogen (secondary N) is 2. The summed E-state index contributed by atoms with van der Waals surface area (Å²) in [6.45, 7) is 3.24. The maximum absolute atomic E-state index is 13.7. The number of carbonyl (C=O) groups is 1. The number of carbonyl (C=O) groups excluding carboxylic acids is 1. The number of amides is 1. The number of anilines is 2. The zero-order valence-electron chi connectivity index (χ0n) is 13.7. The van der Waals surface area contributed by atoms with E-state index in [0.29, 0.717) is 33.8 Å². The molecule has 0 saturated carbocycles. The van der Waals surface area contributed by atoms with E-state index in [2.05, 4.69) is 10.6 Å². The Hall–Kier alpha value is -2.60. The Morgan fingerprint density at radius 2 is 1.96 bits per heavy atom. The summed E-state index contributed by atoms with van der Waals surface area (Å²) in [7, 11) is 1.50. The van der Waals surface area contributed by atoms with E-state index < -0.39 is 11.4 Å². The van der Waals surface area contributed by atoms with Gasteiger partial charge in [0.25, 0.3) is 0 Å². The molecule has 126 valence electrons. The summed E-state index contributed by atoms with van der Waals surface area (Å²) < 4.78 is 19.0. The van der Waals surface area contributed by atoms with Crippen molar-refractivity contribution in [2.45, 2.75) is 26.0 Å². The van der Waals surface area contributed by atoms with Crippen molar-refractivity contribution in [3.63, 3.8) is 0 Å². The number of halogens is 1. The number of rotatable bonds is 3. The quantitative estimate of drug-likeness (QED) is 0.808. The lowest BCUT2D eigenvalue weighted by molar-refractivity contribution is -0.119. The Morgan fingerprint density at radius 3 is 2.62 bits per heavy atom. The van der Waals surface area contributed by atoms with E-state index in [9.17, 15) is 14.3 Å². The van der Waals surface area contributed by atoms with Crippen LogP contribution in [0, 0.1) is 5.82 Å². The van der Waals surface area contributed by atoms with Crippen molar-refractivity contribution >= 4 is 17.3 Å². The minimum Gasteiger partial charge on any atom is -0.496 e. The molecule has 3 rings (SSSR count). The smallest absolute Gasteiger partial charge is 0.249 e. The van der Waals surface area contributed by atoms with Crippen molar-refractivity contribution in [3.8, 4) is 16.9 Å². The zero-order valence-corrected chi connectivity index (χ0v) is 13.7. The lowest BCUT2D eigenvalue weighted by Crippen LogP contribution is -2.47. The summed E-state index contributed by atoms with van der Waals surface area (Å²) in [6.07, 6.45) is 0. The van der Waals surface area contributed by atoms with E-state index >= 15 is 0 Å². The molecule has 1 amide bonds. The monoisotopic (exact) mass is 330 g/mol. The molecule has 0 bridgehead atoms. The number of aliphatic hydroxyl groups is 1. The number of methoxy groups -OCH3 is 1. The van der Waals surface area contributed by atoms with Crippen LogP contribution in [0.1, 0.15) is 19.4 Å². The van der Waals surface area contributed by atoms with Crippen molar-refractivity contribution in [2.75, 3.05) is 17.7 Å². The lowest BCUT2D eigenvalue weighted by atomic mass is 9.93. The maximum atomic E-state index is 13.7. The molecular formula is C18H19FN2O3. The summed E-state index contributed by atoms with van der Waals surface area (Å²) in [5.41, 5.74) is 2.09. The number of hydrogen-bond acceptors (Lipinski definition) is 4. The summed E-state index contributed by atoms with van der Waals surface area (Å²) in [5.74, 6) is -0.120. The predicted octanol–water partition coefficient (Wildman–Crippen LogP) is 3.14. The first-order valence-electron chi connectivity index (χ1n) is 7.57. The first-order valence-corrected chi connectivity index (χ1v) is 7.57. The number of fused-ring (bicyclic) bond motifs is 1. The molecule has 0 saturated heterocycles. The third kappa shape index (κ3) is 2.59. The van der Waals surface area contributed by atoms with Gasteiger partial charge in [-0.05, 0) is 43.7 Å². The van der Waals surface area contributed by atoms with E-state index in [1.54, 1.807) is 26.0 Å². The fourth-order valence-corrected chi connectivity index (χ4v) is 2.87. The number of aliphatic hydroxyl groups excluding tert-OH is 1. The van der Waals surface area contributed by atoms with Crippen LogP contribution >= 0.6 is 0 Å². The Bertz CT molecular complexity index is 818. The van der Waals surface area contributed by atoms with Gasteiger partial charge in [-0.2, -0.15) is 0 Å². The van der Waals surface area contributed by atoms with Gasteiger partial charge >= 0.3 is 0 Å². The highest BCUT2D eigenvalue weighted by atomic mass is 19.1. The molecule has 6 heteroatoms. The van der Waals surface area contributed by atoms with Gasteiger partial charge in [-0.1, -0.05) is 6.07 Å². The molecule has 0 aromatic heterocycles. The molecule has 0 atom stereocenters. The molecule has 0 spiro atoms. The van der Waals surface area contributed by atoms with Crippen LogP contribution in [0.25, 0.3) is 11.1 Å². The zero-order chi connectivity index (χ0) is 17.5. The Kier molecular flexibility index (Phi) is 3.93. The second-order valence-corrected chi connectivity index (χ2v) is 6.22. The molecule has 3 N–H and O–H groups in total. The van der Waals surface area contributed by atoms with Gasteiger partial charge in [0.05, 0.1) is 25.1 Å². The van der Waals surface area contributed by atoms with E-state index in [1.165, 1.54) is 25.3 Å². The van der Waals surface area contributed by atoms with E-state index in [0.717, 1.165) is 0 Å². The van der Waals surface area contributed by atoms with Gasteiger partial charge in [0.15, 0.2) is 0 Å². The molecule has 2 aromatic rings. The SMILES string of the molecule is COc1ccc(F)cc1-c1ccc2c(c1CO)NC(=O)C(C)(C)N2. The van der Waals surface area contributed by atoms with Gasteiger partial charge in [0, 0.05) is 11.1 Å². The van der Waals surface area contributed by atoms with Crippen LogP contribution in [0.5, 0.6) is 5.75 Å². The first-order chi connectivity index (χ1) is 11.4. The van der Waals surface area contributed by atoms with Gasteiger partial charge in [-0.25, -0.2) is 4.39 Å². The van der Waals surface area contributed by atoms with Gasteiger partial charge in [-0.3, -0.25) is 4.79 Å². The third-order valence-corrected chi connectivity index (χ3v) is 4.18. The van der Waals surface area contributed by atoms with E-state index in [-0.39, 0.29) is 12.5 Å². The highest BCUT2D eigenvalue weighted by Gasteiger charge is 2.34. The minimum absolute atomic E-state index is 0.201. The highest BCUT2D eigenvalue weighted by Crippen LogP contribution is 2.41. The van der Waals surface area contributed by atoms with Crippen LogP contribution in [-0.2, 0) is 11.4 Å². The van der Waals surface area contributed by atoms with Crippen molar-refractivity contribution < 1.29 is 19.0 Å². The molecular weight excluding hydrogens is 311 g/mol. The van der Waals surface area contributed by atoms with E-state index in [4.69, 9.17) is 4.74 Å². The Balaban J connectivity index is 2.21. The van der Waals surface area contributed by atoms with Gasteiger partial charge in [0.1, 0.15) is 17.1 Å². The maximum Gasteiger partial charge on any atom is 0.249 e. The molecule has 1 aliphatic rings. The molecule has 1 aliphatic heterocycles. The van der Waals surface area contributed by atoms with Crippen molar-refractivity contribution in [1.82, 2.24) is 0 Å². The average Bonchev–Trinajstić information content (AvgIpc) is 2.54. The molecule has 0 unspecified atom stereocenters. The molecule has 0 radical (unpaired) electrons. The molecule has 0 fully saturated rings. The van der Waals surface area contributed by atoms with Crippen LogP contribution < -0.4 is 15.4 Å². The highest BCUT2D eigenvalue weighted by molar-refractivity contribution is 6.07. The molecule has 5 nitrogen and oxygen atoms in total. The standard InChI is InChI=1S/C18H19FN2O3/c1-18(2)17(23)20-16-13(9-22)11(5-6-14(16)21-18)12-8-10(19)4-7-15(12)24-3/h4-8,21-22H,9H2,1-3H3,(H,20,23). The fourth-order valence-electron chi connectivity index (χ4n) is 2.87. The van der Waals surface area contributed by atoms with Crippen molar-refractivity contribution in [3.05, 3.63) is 41.7 Å². The van der Waals surface area contributed by atoms with Crippen LogP contribution in [0.3, 0.4) is 0 Å². The average molecular weight is 330 g/mol. The van der Waals surface area contributed by atoms with Crippen LogP contribution in [-0.4, -0.2) is 23.7 Å². The number of hydrogen-bond donors (Lipinski definition) is 3. The van der Waals surface area contributed by atoms with Crippen molar-refractivity contribution in [2.24, 2.45) is 0 Å². The first kappa shape index (κ1) is 16.3. The van der Waals surface area contributed by atoms with E-state index in [1.807, 2.05) is 0 Å². The largest absolute Gasteiger partial charge is 0.496 e. The van der Waals surface area contributed by atoms with Crippen LogP contribution in [0.15, 0.2) is 30.3 Å². The summed E-state index contributed by atoms with van der Waals surface area (Å²) in [6, 6.07) is 7.77. The van der Waals surface area contributed by atoms with Crippen LogP contribution in [0.4, 0.5) is 15.8 Å². The summed E-state index contributed by atoms with van der Waals surface area (Å²) >= 11 is 0. The van der Waals surface area contributed by atoms with Crippen molar-refractivity contribution in [1.29, 1.82) is 0 Å². The summed E-state index contributed by atoms with van der Waals surface area (Å²) in [4.78, 5) is 12.2. The summed E-state index contributed by atoms with van der Waals surface area (Å²) in [5, 5.41) is 15.9. The molecule has 2 aromatic carbocycles. The van der Waals surface area contributed by atoms with Gasteiger partial charge in [-0.15, -0.1) is 0 Å². The lowest BCUT2D eigenvalue weighted by Gasteiger charge is -2.34. The third-order valence-electron chi connectivity index (χ3n) is 4.18.